The molecule has 2 aliphatic rings. The Morgan fingerprint density at radius 1 is 1.18 bits per heavy atom. The lowest BCUT2D eigenvalue weighted by Gasteiger charge is -2.33. The van der Waals surface area contributed by atoms with E-state index in [0.717, 1.165) is 73.6 Å². The van der Waals surface area contributed by atoms with E-state index >= 15 is 0 Å². The fourth-order valence-electron chi connectivity index (χ4n) is 4.86. The number of aryl methyl sites for hydroxylation is 2. The molecule has 1 aliphatic heterocycles. The van der Waals surface area contributed by atoms with Crippen LogP contribution in [0.15, 0.2) is 48.7 Å². The van der Waals surface area contributed by atoms with Crippen LogP contribution in [0.2, 0.25) is 0 Å². The van der Waals surface area contributed by atoms with E-state index in [4.69, 9.17) is 4.98 Å². The zero-order valence-electron chi connectivity index (χ0n) is 19.4. The van der Waals surface area contributed by atoms with Gasteiger partial charge in [-0.05, 0) is 51.0 Å². The van der Waals surface area contributed by atoms with E-state index in [9.17, 15) is 4.79 Å². The first-order valence-corrected chi connectivity index (χ1v) is 12.0. The lowest BCUT2D eigenvalue weighted by Crippen LogP contribution is -2.48. The average molecular weight is 445 g/mol. The zero-order valence-corrected chi connectivity index (χ0v) is 19.4. The van der Waals surface area contributed by atoms with Crippen LogP contribution in [0, 0.1) is 19.8 Å². The number of amides is 2. The number of aromatic nitrogens is 3. The Balaban J connectivity index is 1.31. The molecule has 3 aromatic rings. The maximum Gasteiger partial charge on any atom is 0.317 e. The summed E-state index contributed by atoms with van der Waals surface area (Å²) in [6, 6.07) is 10.7. The van der Waals surface area contributed by atoms with Crippen molar-refractivity contribution >= 4 is 17.5 Å². The monoisotopic (exact) mass is 444 g/mol. The molecular formula is C26H32N6O. The van der Waals surface area contributed by atoms with Gasteiger partial charge in [0.25, 0.3) is 0 Å². The van der Waals surface area contributed by atoms with E-state index in [-0.39, 0.29) is 12.1 Å². The van der Waals surface area contributed by atoms with Crippen molar-refractivity contribution in [1.82, 2.24) is 24.8 Å². The maximum absolute atomic E-state index is 12.7. The summed E-state index contributed by atoms with van der Waals surface area (Å²) in [5.41, 5.74) is 5.19. The van der Waals surface area contributed by atoms with Crippen LogP contribution in [-0.4, -0.2) is 51.2 Å². The number of hydrogen-bond acceptors (Lipinski definition) is 4. The van der Waals surface area contributed by atoms with Crippen LogP contribution < -0.4 is 10.6 Å². The minimum atomic E-state index is 0.0621. The molecule has 1 saturated heterocycles. The van der Waals surface area contributed by atoms with Gasteiger partial charge in [0.1, 0.15) is 5.82 Å². The van der Waals surface area contributed by atoms with Crippen molar-refractivity contribution in [2.24, 2.45) is 5.92 Å². The smallest absolute Gasteiger partial charge is 0.317 e. The van der Waals surface area contributed by atoms with E-state index in [2.05, 4.69) is 59.1 Å². The van der Waals surface area contributed by atoms with Gasteiger partial charge < -0.3 is 15.5 Å². The number of piperidine rings is 1. The summed E-state index contributed by atoms with van der Waals surface area (Å²) in [5, 5.41) is 11.3. The van der Waals surface area contributed by atoms with Crippen LogP contribution >= 0.6 is 0 Å². The normalized spacial score (nSPS) is 20.4. The third kappa shape index (κ3) is 4.58. The SMILES string of the molecule is Cc1ccccc1-c1cc(NCC2CCCN(C(=O)NC3C=CCC3)C2)n2ncc(C)c2n1. The van der Waals surface area contributed by atoms with Crippen LogP contribution in [0.25, 0.3) is 16.9 Å². The minimum Gasteiger partial charge on any atom is -0.370 e. The van der Waals surface area contributed by atoms with Crippen molar-refractivity contribution in [1.29, 1.82) is 0 Å². The van der Waals surface area contributed by atoms with Gasteiger partial charge in [0.05, 0.1) is 11.9 Å². The quantitative estimate of drug-likeness (QED) is 0.566. The van der Waals surface area contributed by atoms with E-state index < -0.39 is 0 Å². The van der Waals surface area contributed by atoms with Crippen LogP contribution in [0.3, 0.4) is 0 Å². The Hall–Kier alpha value is -3.35. The molecule has 2 amide bonds. The highest BCUT2D eigenvalue weighted by molar-refractivity contribution is 5.75. The second-order valence-electron chi connectivity index (χ2n) is 9.30. The molecule has 5 rings (SSSR count). The topological polar surface area (TPSA) is 74.6 Å². The highest BCUT2D eigenvalue weighted by Gasteiger charge is 2.25. The Kier molecular flexibility index (Phi) is 6.03. The number of nitrogens with one attached hydrogen (secondary N) is 2. The molecule has 3 heterocycles. The van der Waals surface area contributed by atoms with Crippen molar-refractivity contribution in [3.8, 4) is 11.3 Å². The highest BCUT2D eigenvalue weighted by atomic mass is 16.2. The van der Waals surface area contributed by atoms with Gasteiger partial charge in [-0.2, -0.15) is 9.61 Å². The lowest BCUT2D eigenvalue weighted by atomic mass is 9.98. The third-order valence-corrected chi connectivity index (χ3v) is 6.77. The van der Waals surface area contributed by atoms with Gasteiger partial charge in [0, 0.05) is 42.9 Å². The van der Waals surface area contributed by atoms with Crippen molar-refractivity contribution in [3.05, 3.63) is 59.8 Å². The summed E-state index contributed by atoms with van der Waals surface area (Å²) in [5.74, 6) is 1.33. The zero-order chi connectivity index (χ0) is 22.8. The van der Waals surface area contributed by atoms with E-state index in [1.807, 2.05) is 28.6 Å². The molecule has 7 nitrogen and oxygen atoms in total. The second kappa shape index (κ2) is 9.25. The molecule has 2 aromatic heterocycles. The second-order valence-corrected chi connectivity index (χ2v) is 9.30. The van der Waals surface area contributed by atoms with E-state index in [1.165, 1.54) is 5.56 Å². The summed E-state index contributed by atoms with van der Waals surface area (Å²) in [6.45, 7) is 6.54. The number of carbonyl (C=O) groups is 1. The molecular weight excluding hydrogens is 412 g/mol. The molecule has 0 radical (unpaired) electrons. The minimum absolute atomic E-state index is 0.0621. The first kappa shape index (κ1) is 21.5. The first-order valence-electron chi connectivity index (χ1n) is 12.0. The summed E-state index contributed by atoms with van der Waals surface area (Å²) in [4.78, 5) is 19.6. The standard InChI is InChI=1S/C26H32N6O/c1-18-8-3-6-12-22(18)23-14-24(32-25(30-23)19(2)15-28-32)27-16-20-9-7-13-31(17-20)26(33)29-21-10-4-5-11-21/h3-4,6,8,10,12,14-15,20-21,27H,5,7,9,11,13,16-17H2,1-2H3,(H,29,33). The molecule has 7 heteroatoms. The molecule has 2 unspecified atom stereocenters. The number of fused-ring (bicyclic) bond motifs is 1. The number of likely N-dealkylation sites (tertiary alicyclic amines) is 1. The molecule has 33 heavy (non-hydrogen) atoms. The van der Waals surface area contributed by atoms with Gasteiger partial charge >= 0.3 is 6.03 Å². The van der Waals surface area contributed by atoms with Crippen molar-refractivity contribution in [2.75, 3.05) is 25.0 Å². The van der Waals surface area contributed by atoms with Gasteiger partial charge in [-0.25, -0.2) is 9.78 Å². The fraction of sp³-hybridized carbons (Fsp3) is 0.423. The molecule has 0 saturated carbocycles. The Morgan fingerprint density at radius 2 is 2.06 bits per heavy atom. The summed E-state index contributed by atoms with van der Waals surface area (Å²) in [6.07, 6.45) is 10.3. The summed E-state index contributed by atoms with van der Waals surface area (Å²) >= 11 is 0. The molecule has 2 N–H and O–H groups in total. The van der Waals surface area contributed by atoms with Gasteiger partial charge in [-0.1, -0.05) is 36.4 Å². The number of allylic oxidation sites excluding steroid dienone is 1. The van der Waals surface area contributed by atoms with Crippen molar-refractivity contribution in [3.63, 3.8) is 0 Å². The Morgan fingerprint density at radius 3 is 2.88 bits per heavy atom. The van der Waals surface area contributed by atoms with Gasteiger partial charge in [-0.3, -0.25) is 0 Å². The molecule has 1 fully saturated rings. The molecule has 2 atom stereocenters. The largest absolute Gasteiger partial charge is 0.370 e. The van der Waals surface area contributed by atoms with Gasteiger partial charge in [0.15, 0.2) is 5.65 Å². The average Bonchev–Trinajstić information content (AvgIpc) is 3.48. The van der Waals surface area contributed by atoms with Gasteiger partial charge in [-0.15, -0.1) is 0 Å². The number of hydrogen-bond donors (Lipinski definition) is 2. The summed E-state index contributed by atoms with van der Waals surface area (Å²) < 4.78 is 1.89. The molecule has 1 aliphatic carbocycles. The van der Waals surface area contributed by atoms with Crippen LogP contribution in [0.1, 0.15) is 36.8 Å². The summed E-state index contributed by atoms with van der Waals surface area (Å²) in [7, 11) is 0. The van der Waals surface area contributed by atoms with E-state index in [0.29, 0.717) is 5.92 Å². The number of anilines is 1. The number of carbonyl (C=O) groups excluding carboxylic acids is 1. The Bertz CT molecular complexity index is 1180. The van der Waals surface area contributed by atoms with Crippen LogP contribution in [0.4, 0.5) is 10.6 Å². The number of nitrogens with zero attached hydrogens (tertiary/aromatic N) is 4. The highest BCUT2D eigenvalue weighted by Crippen LogP contribution is 2.27. The fourth-order valence-corrected chi connectivity index (χ4v) is 4.86. The number of benzene rings is 1. The molecule has 0 spiro atoms. The number of urea groups is 1. The predicted molar refractivity (Wildman–Crippen MR) is 131 cm³/mol. The van der Waals surface area contributed by atoms with Crippen LogP contribution in [-0.2, 0) is 0 Å². The molecule has 1 aromatic carbocycles. The lowest BCUT2D eigenvalue weighted by molar-refractivity contribution is 0.166. The van der Waals surface area contributed by atoms with Crippen LogP contribution in [0.5, 0.6) is 0 Å². The van der Waals surface area contributed by atoms with Crippen molar-refractivity contribution in [2.45, 2.75) is 45.6 Å². The predicted octanol–water partition coefficient (Wildman–Crippen LogP) is 4.57. The van der Waals surface area contributed by atoms with Gasteiger partial charge in [0.2, 0.25) is 0 Å². The third-order valence-electron chi connectivity index (χ3n) is 6.77. The van der Waals surface area contributed by atoms with Crippen molar-refractivity contribution < 1.29 is 4.79 Å². The Labute approximate surface area is 194 Å². The molecule has 0 bridgehead atoms. The van der Waals surface area contributed by atoms with E-state index in [1.54, 1.807) is 0 Å². The first-order chi connectivity index (χ1) is 16.1. The number of rotatable bonds is 5. The maximum atomic E-state index is 12.7. The molecule has 172 valence electrons.